The van der Waals surface area contributed by atoms with Crippen LogP contribution in [0.25, 0.3) is 0 Å². The van der Waals surface area contributed by atoms with Gasteiger partial charge in [0.1, 0.15) is 5.82 Å². The van der Waals surface area contributed by atoms with E-state index in [1.807, 2.05) is 13.0 Å². The van der Waals surface area contributed by atoms with Gasteiger partial charge in [0, 0.05) is 18.9 Å². The lowest BCUT2D eigenvalue weighted by molar-refractivity contribution is 0.181. The standard InChI is InChI=1S/C9H15N3O/c1-6-3-7(8(10)5-13-2)9(11)12-4-6/h3-4,8H,5,10H2,1-2H3,(H2,11,12)/t8-/m0/s1. The smallest absolute Gasteiger partial charge is 0.128 e. The molecule has 13 heavy (non-hydrogen) atoms. The van der Waals surface area contributed by atoms with E-state index in [2.05, 4.69) is 4.98 Å². The van der Waals surface area contributed by atoms with E-state index < -0.39 is 0 Å². The van der Waals surface area contributed by atoms with Crippen LogP contribution in [-0.4, -0.2) is 18.7 Å². The van der Waals surface area contributed by atoms with Gasteiger partial charge < -0.3 is 16.2 Å². The van der Waals surface area contributed by atoms with E-state index in [0.717, 1.165) is 11.1 Å². The van der Waals surface area contributed by atoms with Gasteiger partial charge in [0.2, 0.25) is 0 Å². The van der Waals surface area contributed by atoms with E-state index in [1.165, 1.54) is 0 Å². The van der Waals surface area contributed by atoms with Gasteiger partial charge in [0.15, 0.2) is 0 Å². The Kier molecular flexibility index (Phi) is 3.22. The number of hydrogen-bond donors (Lipinski definition) is 2. The summed E-state index contributed by atoms with van der Waals surface area (Å²) in [6.07, 6.45) is 1.72. The lowest BCUT2D eigenvalue weighted by Crippen LogP contribution is -2.18. The Morgan fingerprint density at radius 3 is 2.92 bits per heavy atom. The summed E-state index contributed by atoms with van der Waals surface area (Å²) >= 11 is 0. The Morgan fingerprint density at radius 2 is 2.31 bits per heavy atom. The quantitative estimate of drug-likeness (QED) is 0.716. The molecule has 1 aromatic heterocycles. The normalized spacial score (nSPS) is 12.8. The summed E-state index contributed by atoms with van der Waals surface area (Å²) in [4.78, 5) is 4.02. The summed E-state index contributed by atoms with van der Waals surface area (Å²) in [5.41, 5.74) is 13.4. The van der Waals surface area contributed by atoms with Crippen molar-refractivity contribution >= 4 is 5.82 Å². The number of rotatable bonds is 3. The molecule has 0 aliphatic carbocycles. The highest BCUT2D eigenvalue weighted by molar-refractivity contribution is 5.42. The first-order valence-electron chi connectivity index (χ1n) is 4.11. The molecule has 1 rings (SSSR count). The van der Waals surface area contributed by atoms with E-state index in [-0.39, 0.29) is 6.04 Å². The monoisotopic (exact) mass is 181 g/mol. The highest BCUT2D eigenvalue weighted by Gasteiger charge is 2.09. The van der Waals surface area contributed by atoms with Gasteiger partial charge in [0.05, 0.1) is 12.6 Å². The molecule has 0 spiro atoms. The SMILES string of the molecule is COC[C@H](N)c1cc(C)cnc1N. The fourth-order valence-electron chi connectivity index (χ4n) is 1.17. The van der Waals surface area contributed by atoms with Crippen molar-refractivity contribution in [1.29, 1.82) is 0 Å². The van der Waals surface area contributed by atoms with Crippen LogP contribution in [0.2, 0.25) is 0 Å². The van der Waals surface area contributed by atoms with Crippen molar-refractivity contribution in [3.8, 4) is 0 Å². The number of nitrogen functional groups attached to an aromatic ring is 1. The number of methoxy groups -OCH3 is 1. The average molecular weight is 181 g/mol. The third kappa shape index (κ3) is 2.40. The van der Waals surface area contributed by atoms with Crippen LogP contribution in [0.1, 0.15) is 17.2 Å². The zero-order chi connectivity index (χ0) is 9.84. The average Bonchev–Trinajstić information content (AvgIpc) is 2.09. The van der Waals surface area contributed by atoms with Gasteiger partial charge in [-0.3, -0.25) is 0 Å². The lowest BCUT2D eigenvalue weighted by Gasteiger charge is -2.12. The van der Waals surface area contributed by atoms with E-state index in [0.29, 0.717) is 12.4 Å². The van der Waals surface area contributed by atoms with Crippen molar-refractivity contribution in [2.24, 2.45) is 5.73 Å². The molecule has 0 saturated carbocycles. The number of anilines is 1. The van der Waals surface area contributed by atoms with Gasteiger partial charge in [-0.15, -0.1) is 0 Å². The maximum absolute atomic E-state index is 5.83. The zero-order valence-corrected chi connectivity index (χ0v) is 7.95. The zero-order valence-electron chi connectivity index (χ0n) is 7.95. The van der Waals surface area contributed by atoms with Gasteiger partial charge >= 0.3 is 0 Å². The van der Waals surface area contributed by atoms with E-state index in [9.17, 15) is 0 Å². The molecule has 0 aromatic carbocycles. The largest absolute Gasteiger partial charge is 0.383 e. The van der Waals surface area contributed by atoms with Crippen LogP contribution in [0.5, 0.6) is 0 Å². The Labute approximate surface area is 77.9 Å². The minimum Gasteiger partial charge on any atom is -0.383 e. The summed E-state index contributed by atoms with van der Waals surface area (Å²) in [5, 5.41) is 0. The molecule has 1 atom stereocenters. The molecule has 0 fully saturated rings. The maximum atomic E-state index is 5.83. The van der Waals surface area contributed by atoms with Crippen LogP contribution in [0.3, 0.4) is 0 Å². The molecule has 0 aliphatic heterocycles. The predicted octanol–water partition coefficient (Wildman–Crippen LogP) is 0.618. The summed E-state index contributed by atoms with van der Waals surface area (Å²) in [6.45, 7) is 2.41. The van der Waals surface area contributed by atoms with Crippen LogP contribution in [0.4, 0.5) is 5.82 Å². The molecule has 1 heterocycles. The van der Waals surface area contributed by atoms with Crippen molar-refractivity contribution in [3.63, 3.8) is 0 Å². The topological polar surface area (TPSA) is 74.2 Å². The summed E-state index contributed by atoms with van der Waals surface area (Å²) in [6, 6.07) is 1.74. The fourth-order valence-corrected chi connectivity index (χ4v) is 1.17. The number of aryl methyl sites for hydroxylation is 1. The third-order valence-electron chi connectivity index (χ3n) is 1.83. The van der Waals surface area contributed by atoms with Gasteiger partial charge in [-0.1, -0.05) is 0 Å². The van der Waals surface area contributed by atoms with Gasteiger partial charge in [-0.2, -0.15) is 0 Å². The first-order valence-corrected chi connectivity index (χ1v) is 4.11. The summed E-state index contributed by atoms with van der Waals surface area (Å²) < 4.78 is 4.94. The Bertz CT molecular complexity index is 288. The molecule has 0 saturated heterocycles. The summed E-state index contributed by atoms with van der Waals surface area (Å²) in [7, 11) is 1.61. The molecule has 0 amide bonds. The van der Waals surface area contributed by atoms with Crippen molar-refractivity contribution in [2.75, 3.05) is 19.5 Å². The molecule has 4 heteroatoms. The highest BCUT2D eigenvalue weighted by Crippen LogP contribution is 2.17. The minimum atomic E-state index is -0.197. The maximum Gasteiger partial charge on any atom is 0.128 e. The molecule has 4 nitrogen and oxygen atoms in total. The third-order valence-corrected chi connectivity index (χ3v) is 1.83. The first-order chi connectivity index (χ1) is 6.15. The van der Waals surface area contributed by atoms with E-state index in [4.69, 9.17) is 16.2 Å². The van der Waals surface area contributed by atoms with Crippen molar-refractivity contribution in [2.45, 2.75) is 13.0 Å². The molecule has 72 valence electrons. The van der Waals surface area contributed by atoms with Crippen molar-refractivity contribution in [3.05, 3.63) is 23.4 Å². The second-order valence-corrected chi connectivity index (χ2v) is 3.05. The van der Waals surface area contributed by atoms with E-state index in [1.54, 1.807) is 13.3 Å². The minimum absolute atomic E-state index is 0.197. The Balaban J connectivity index is 2.91. The van der Waals surface area contributed by atoms with Crippen molar-refractivity contribution in [1.82, 2.24) is 4.98 Å². The van der Waals surface area contributed by atoms with Crippen LogP contribution in [0.15, 0.2) is 12.3 Å². The first kappa shape index (κ1) is 9.95. The van der Waals surface area contributed by atoms with Gasteiger partial charge in [-0.05, 0) is 18.6 Å². The number of aromatic nitrogens is 1. The molecule has 0 unspecified atom stereocenters. The summed E-state index contributed by atoms with van der Waals surface area (Å²) in [5.74, 6) is 0.482. The second kappa shape index (κ2) is 4.20. The number of ether oxygens (including phenoxy) is 1. The molecule has 4 N–H and O–H groups in total. The molecule has 0 radical (unpaired) electrons. The Morgan fingerprint density at radius 1 is 1.62 bits per heavy atom. The van der Waals surface area contributed by atoms with Crippen LogP contribution in [-0.2, 0) is 4.74 Å². The predicted molar refractivity (Wildman–Crippen MR) is 52.2 cm³/mol. The lowest BCUT2D eigenvalue weighted by atomic mass is 10.1. The number of hydrogen-bond acceptors (Lipinski definition) is 4. The molecular formula is C9H15N3O. The van der Waals surface area contributed by atoms with Gasteiger partial charge in [-0.25, -0.2) is 4.98 Å². The number of nitrogens with two attached hydrogens (primary N) is 2. The Hall–Kier alpha value is -1.13. The highest BCUT2D eigenvalue weighted by atomic mass is 16.5. The number of pyridine rings is 1. The number of nitrogens with zero attached hydrogens (tertiary/aromatic N) is 1. The van der Waals surface area contributed by atoms with Crippen molar-refractivity contribution < 1.29 is 4.74 Å². The van der Waals surface area contributed by atoms with Crippen LogP contribution < -0.4 is 11.5 Å². The van der Waals surface area contributed by atoms with E-state index >= 15 is 0 Å². The van der Waals surface area contributed by atoms with Gasteiger partial charge in [0.25, 0.3) is 0 Å². The molecule has 0 aliphatic rings. The van der Waals surface area contributed by atoms with Crippen LogP contribution in [0, 0.1) is 6.92 Å². The molecule has 1 aromatic rings. The van der Waals surface area contributed by atoms with Crippen LogP contribution >= 0.6 is 0 Å². The molecule has 0 bridgehead atoms. The second-order valence-electron chi connectivity index (χ2n) is 3.05. The molecular weight excluding hydrogens is 166 g/mol. The fraction of sp³-hybridized carbons (Fsp3) is 0.444.